The van der Waals surface area contributed by atoms with Crippen LogP contribution in [0.2, 0.25) is 0 Å². The van der Waals surface area contributed by atoms with Crippen LogP contribution in [0.25, 0.3) is 0 Å². The van der Waals surface area contributed by atoms with Gasteiger partial charge in [0.25, 0.3) is 0 Å². The van der Waals surface area contributed by atoms with Gasteiger partial charge in [-0.1, -0.05) is 34.1 Å². The molecule has 0 radical (unpaired) electrons. The molecule has 5 heteroatoms. The van der Waals surface area contributed by atoms with Gasteiger partial charge in [-0.3, -0.25) is 4.99 Å². The highest BCUT2D eigenvalue weighted by Gasteiger charge is 2.48. The van der Waals surface area contributed by atoms with Gasteiger partial charge in [0, 0.05) is 22.8 Å². The molecule has 19 heavy (non-hydrogen) atoms. The molecule has 0 bridgehead atoms. The van der Waals surface area contributed by atoms with Crippen LogP contribution in [-0.4, -0.2) is 18.0 Å². The highest BCUT2D eigenvalue weighted by molar-refractivity contribution is 9.10. The normalized spacial score (nSPS) is 32.2. The molecule has 2 aliphatic rings. The Morgan fingerprint density at radius 1 is 1.53 bits per heavy atom. The van der Waals surface area contributed by atoms with E-state index in [1.165, 1.54) is 0 Å². The Morgan fingerprint density at radius 2 is 2.37 bits per heavy atom. The molecule has 2 fully saturated rings. The van der Waals surface area contributed by atoms with Crippen molar-refractivity contribution in [3.63, 3.8) is 0 Å². The maximum Gasteiger partial charge on any atom is 0.156 e. The first-order valence-electron chi connectivity index (χ1n) is 6.49. The first-order valence-corrected chi connectivity index (χ1v) is 8.27. The Kier molecular flexibility index (Phi) is 3.60. The Hall–Kier alpha value is -0.550. The van der Waals surface area contributed by atoms with Crippen molar-refractivity contribution in [2.24, 2.45) is 10.9 Å². The van der Waals surface area contributed by atoms with Gasteiger partial charge >= 0.3 is 0 Å². The summed E-state index contributed by atoms with van der Waals surface area (Å²) in [6, 6.07) is 5.23. The highest BCUT2D eigenvalue weighted by Crippen LogP contribution is 2.49. The summed E-state index contributed by atoms with van der Waals surface area (Å²) in [5.41, 5.74) is 0.513. The zero-order valence-electron chi connectivity index (χ0n) is 10.7. The number of nitrogens with one attached hydrogen (secondary N) is 1. The van der Waals surface area contributed by atoms with Crippen LogP contribution in [0, 0.1) is 11.7 Å². The third kappa shape index (κ3) is 2.21. The van der Waals surface area contributed by atoms with E-state index >= 15 is 0 Å². The van der Waals surface area contributed by atoms with Crippen molar-refractivity contribution >= 4 is 32.9 Å². The van der Waals surface area contributed by atoms with Gasteiger partial charge in [0.05, 0.1) is 5.54 Å². The van der Waals surface area contributed by atoms with E-state index in [9.17, 15) is 4.39 Å². The monoisotopic (exact) mass is 342 g/mol. The number of hydrogen-bond acceptors (Lipinski definition) is 2. The van der Waals surface area contributed by atoms with E-state index in [0.29, 0.717) is 5.92 Å². The van der Waals surface area contributed by atoms with E-state index in [4.69, 9.17) is 0 Å². The second-order valence-corrected chi connectivity index (χ2v) is 7.07. The van der Waals surface area contributed by atoms with Crippen LogP contribution in [0.5, 0.6) is 0 Å². The van der Waals surface area contributed by atoms with Crippen molar-refractivity contribution in [3.05, 3.63) is 34.1 Å². The number of thioether (sulfide) groups is 1. The summed E-state index contributed by atoms with van der Waals surface area (Å²) < 4.78 is 15.2. The van der Waals surface area contributed by atoms with Crippen LogP contribution in [0.15, 0.2) is 27.7 Å². The van der Waals surface area contributed by atoms with Crippen LogP contribution in [-0.2, 0) is 5.54 Å². The van der Waals surface area contributed by atoms with E-state index in [1.54, 1.807) is 30.9 Å². The average Bonchev–Trinajstić information content (AvgIpc) is 2.85. The maximum atomic E-state index is 14.3. The second kappa shape index (κ2) is 5.09. The van der Waals surface area contributed by atoms with Gasteiger partial charge < -0.3 is 5.32 Å². The molecule has 1 saturated heterocycles. The molecule has 1 aliphatic heterocycles. The summed E-state index contributed by atoms with van der Waals surface area (Å²) in [6.07, 6.45) is 3.27. The van der Waals surface area contributed by atoms with Gasteiger partial charge in [-0.05, 0) is 37.0 Å². The lowest BCUT2D eigenvalue weighted by atomic mass is 9.81. The first kappa shape index (κ1) is 13.4. The predicted octanol–water partition coefficient (Wildman–Crippen LogP) is 3.91. The minimum Gasteiger partial charge on any atom is -0.355 e. The molecule has 1 aromatic rings. The number of rotatable bonds is 1. The second-order valence-electron chi connectivity index (χ2n) is 5.15. The standard InChI is InChI=1S/C14H16BrFN2S/c1-17-13-18-14(6-2-3-9(14)8-19-13)11-7-10(15)4-5-12(11)16/h4-5,7,9H,2-3,6,8H2,1H3,(H,17,18)/t9-,14-/m0/s1. The molecule has 0 unspecified atom stereocenters. The van der Waals surface area contributed by atoms with E-state index < -0.39 is 0 Å². The van der Waals surface area contributed by atoms with Gasteiger partial charge in [-0.2, -0.15) is 0 Å². The summed E-state index contributed by atoms with van der Waals surface area (Å²) in [7, 11) is 1.79. The smallest absolute Gasteiger partial charge is 0.156 e. The number of nitrogens with zero attached hydrogens (tertiary/aromatic N) is 1. The minimum atomic E-state index is -0.270. The van der Waals surface area contributed by atoms with Gasteiger partial charge in [0.15, 0.2) is 5.17 Å². The molecule has 0 aromatic heterocycles. The van der Waals surface area contributed by atoms with Gasteiger partial charge in [-0.15, -0.1) is 0 Å². The van der Waals surface area contributed by atoms with Crippen LogP contribution in [0.3, 0.4) is 0 Å². The largest absolute Gasteiger partial charge is 0.355 e. The molecule has 1 aliphatic carbocycles. The lowest BCUT2D eigenvalue weighted by Gasteiger charge is -2.42. The molecular formula is C14H16BrFN2S. The summed E-state index contributed by atoms with van der Waals surface area (Å²) in [5.74, 6) is 1.38. The van der Waals surface area contributed by atoms with Crippen molar-refractivity contribution < 1.29 is 4.39 Å². The van der Waals surface area contributed by atoms with Crippen molar-refractivity contribution in [1.29, 1.82) is 0 Å². The number of halogens is 2. The van der Waals surface area contributed by atoms with Crippen LogP contribution >= 0.6 is 27.7 Å². The fourth-order valence-corrected chi connectivity index (χ4v) is 4.81. The zero-order valence-corrected chi connectivity index (χ0v) is 13.2. The summed E-state index contributed by atoms with van der Waals surface area (Å²) in [4.78, 5) is 4.26. The highest BCUT2D eigenvalue weighted by atomic mass is 79.9. The molecule has 0 amide bonds. The third-order valence-electron chi connectivity index (χ3n) is 4.18. The lowest BCUT2D eigenvalue weighted by Crippen LogP contribution is -2.52. The fourth-order valence-electron chi connectivity index (χ4n) is 3.26. The number of benzene rings is 1. The van der Waals surface area contributed by atoms with E-state index in [1.807, 2.05) is 6.07 Å². The fraction of sp³-hybridized carbons (Fsp3) is 0.500. The number of fused-ring (bicyclic) bond motifs is 1. The van der Waals surface area contributed by atoms with Crippen LogP contribution in [0.4, 0.5) is 4.39 Å². The van der Waals surface area contributed by atoms with Gasteiger partial charge in [0.2, 0.25) is 0 Å². The topological polar surface area (TPSA) is 24.4 Å². The van der Waals surface area contributed by atoms with Crippen molar-refractivity contribution in [3.8, 4) is 0 Å². The van der Waals surface area contributed by atoms with Crippen molar-refractivity contribution in [2.75, 3.05) is 12.8 Å². The molecule has 2 nitrogen and oxygen atoms in total. The van der Waals surface area contributed by atoms with Gasteiger partial charge in [0.1, 0.15) is 5.82 Å². The molecule has 1 saturated carbocycles. The van der Waals surface area contributed by atoms with Gasteiger partial charge in [-0.25, -0.2) is 4.39 Å². The summed E-state index contributed by atoms with van der Waals surface area (Å²) in [6.45, 7) is 0. The maximum absolute atomic E-state index is 14.3. The summed E-state index contributed by atoms with van der Waals surface area (Å²) >= 11 is 5.21. The molecule has 2 atom stereocenters. The summed E-state index contributed by atoms with van der Waals surface area (Å²) in [5, 5.41) is 4.44. The SMILES string of the molecule is CN=C1N[C@@]2(c3cc(Br)ccc3F)CCC[C@H]2CS1. The van der Waals surface area contributed by atoms with Crippen LogP contribution in [0.1, 0.15) is 24.8 Å². The Bertz CT molecular complexity index is 534. The molecular weight excluding hydrogens is 327 g/mol. The molecule has 1 aromatic carbocycles. The van der Waals surface area contributed by atoms with E-state index in [0.717, 1.165) is 40.2 Å². The van der Waals surface area contributed by atoms with Crippen LogP contribution < -0.4 is 5.32 Å². The number of aliphatic imine (C=N–C) groups is 1. The lowest BCUT2D eigenvalue weighted by molar-refractivity contribution is 0.298. The molecule has 0 spiro atoms. The number of hydrogen-bond donors (Lipinski definition) is 1. The quantitative estimate of drug-likeness (QED) is 0.836. The Morgan fingerprint density at radius 3 is 3.16 bits per heavy atom. The van der Waals surface area contributed by atoms with E-state index in [2.05, 4.69) is 26.2 Å². The Balaban J connectivity index is 2.10. The zero-order chi connectivity index (χ0) is 13.5. The molecule has 102 valence electrons. The first-order chi connectivity index (χ1) is 9.15. The minimum absolute atomic E-state index is 0.120. The van der Waals surface area contributed by atoms with Crippen molar-refractivity contribution in [2.45, 2.75) is 24.8 Å². The third-order valence-corrected chi connectivity index (χ3v) is 5.80. The Labute approximate surface area is 125 Å². The van der Waals surface area contributed by atoms with Crippen molar-refractivity contribution in [1.82, 2.24) is 5.32 Å². The van der Waals surface area contributed by atoms with E-state index in [-0.39, 0.29) is 11.4 Å². The molecule has 3 rings (SSSR count). The average molecular weight is 343 g/mol. The predicted molar refractivity (Wildman–Crippen MR) is 82.1 cm³/mol. The molecule has 1 heterocycles. The molecule has 1 N–H and O–H groups in total. The number of amidine groups is 1.